The monoisotopic (exact) mass is 367 g/mol. The van der Waals surface area contributed by atoms with Crippen molar-refractivity contribution in [2.45, 2.75) is 24.1 Å². The van der Waals surface area contributed by atoms with Gasteiger partial charge in [-0.05, 0) is 29.7 Å². The van der Waals surface area contributed by atoms with Gasteiger partial charge in [0.25, 0.3) is 0 Å². The van der Waals surface area contributed by atoms with E-state index in [1.165, 1.54) is 11.1 Å². The predicted molar refractivity (Wildman–Crippen MR) is 102 cm³/mol. The molecule has 0 radical (unpaired) electrons. The molecule has 0 aliphatic carbocycles. The highest BCUT2D eigenvalue weighted by molar-refractivity contribution is 8.00. The third-order valence-corrected chi connectivity index (χ3v) is 6.59. The lowest BCUT2D eigenvalue weighted by atomic mass is 10.0. The standard InChI is InChI=1S/C18H25N3OS.ClH/c22-18(17-16-4-2-1-3-14(16)6-12-23-17)21-9-5-15(13-21)20-10-7-19-8-11-20;/h1-4,15,17,19H,5-13H2;1H. The average molecular weight is 368 g/mol. The number of aryl methyl sites for hydroxylation is 1. The van der Waals surface area contributed by atoms with Crippen molar-refractivity contribution in [1.82, 2.24) is 15.1 Å². The predicted octanol–water partition coefficient (Wildman–Crippen LogP) is 1.94. The molecule has 3 aliphatic heterocycles. The molecule has 2 saturated heterocycles. The largest absolute Gasteiger partial charge is 0.340 e. The van der Waals surface area contributed by atoms with E-state index in [0.29, 0.717) is 11.9 Å². The summed E-state index contributed by atoms with van der Waals surface area (Å²) < 4.78 is 0. The van der Waals surface area contributed by atoms with Gasteiger partial charge >= 0.3 is 0 Å². The first-order chi connectivity index (χ1) is 11.3. The van der Waals surface area contributed by atoms with E-state index in [-0.39, 0.29) is 17.7 Å². The van der Waals surface area contributed by atoms with Gasteiger partial charge in [0.15, 0.2) is 0 Å². The lowest BCUT2D eigenvalue weighted by molar-refractivity contribution is -0.129. The molecule has 1 aromatic carbocycles. The Morgan fingerprint density at radius 1 is 1.17 bits per heavy atom. The summed E-state index contributed by atoms with van der Waals surface area (Å²) in [5.41, 5.74) is 2.61. The van der Waals surface area contributed by atoms with Gasteiger partial charge in [-0.2, -0.15) is 0 Å². The minimum atomic E-state index is 0. The molecular weight excluding hydrogens is 342 g/mol. The second kappa shape index (κ2) is 8.09. The Morgan fingerprint density at radius 2 is 1.96 bits per heavy atom. The minimum Gasteiger partial charge on any atom is -0.340 e. The maximum Gasteiger partial charge on any atom is 0.240 e. The van der Waals surface area contributed by atoms with Gasteiger partial charge in [0.05, 0.1) is 0 Å². The molecule has 2 unspecified atom stereocenters. The molecule has 24 heavy (non-hydrogen) atoms. The maximum atomic E-state index is 13.1. The van der Waals surface area contributed by atoms with Crippen LogP contribution in [0.1, 0.15) is 22.8 Å². The second-order valence-corrected chi connectivity index (χ2v) is 7.93. The number of likely N-dealkylation sites (tertiary alicyclic amines) is 1. The number of thioether (sulfide) groups is 1. The molecule has 0 aromatic heterocycles. The van der Waals surface area contributed by atoms with Gasteiger partial charge < -0.3 is 10.2 Å². The molecule has 1 amide bonds. The van der Waals surface area contributed by atoms with E-state index >= 15 is 0 Å². The van der Waals surface area contributed by atoms with Gasteiger partial charge in [-0.3, -0.25) is 9.69 Å². The summed E-state index contributed by atoms with van der Waals surface area (Å²) in [5, 5.41) is 3.42. The number of piperazine rings is 1. The van der Waals surface area contributed by atoms with Crippen molar-refractivity contribution < 1.29 is 4.79 Å². The van der Waals surface area contributed by atoms with Crippen LogP contribution in [0.3, 0.4) is 0 Å². The quantitative estimate of drug-likeness (QED) is 0.866. The van der Waals surface area contributed by atoms with Crippen LogP contribution in [0.2, 0.25) is 0 Å². The van der Waals surface area contributed by atoms with Crippen LogP contribution in [0, 0.1) is 0 Å². The highest BCUT2D eigenvalue weighted by Crippen LogP contribution is 2.38. The number of nitrogens with one attached hydrogen (secondary N) is 1. The van der Waals surface area contributed by atoms with E-state index in [9.17, 15) is 4.79 Å². The summed E-state index contributed by atoms with van der Waals surface area (Å²) in [6, 6.07) is 9.05. The van der Waals surface area contributed by atoms with Crippen molar-refractivity contribution in [2.24, 2.45) is 0 Å². The molecule has 1 N–H and O–H groups in total. The van der Waals surface area contributed by atoms with Crippen molar-refractivity contribution in [1.29, 1.82) is 0 Å². The molecule has 2 fully saturated rings. The van der Waals surface area contributed by atoms with Crippen LogP contribution in [0.25, 0.3) is 0 Å². The van der Waals surface area contributed by atoms with Crippen LogP contribution in [-0.2, 0) is 11.2 Å². The van der Waals surface area contributed by atoms with Gasteiger partial charge in [0, 0.05) is 45.3 Å². The molecule has 1 aromatic rings. The first-order valence-corrected chi connectivity index (χ1v) is 9.81. The molecule has 2 atom stereocenters. The summed E-state index contributed by atoms with van der Waals surface area (Å²) in [6.45, 7) is 6.23. The Balaban J connectivity index is 0.00000169. The normalized spacial score (nSPS) is 27.4. The molecule has 132 valence electrons. The molecule has 3 aliphatic rings. The molecule has 0 saturated carbocycles. The molecule has 0 bridgehead atoms. The first-order valence-electron chi connectivity index (χ1n) is 8.76. The number of hydrogen-bond donors (Lipinski definition) is 1. The number of hydrogen-bond acceptors (Lipinski definition) is 4. The number of fused-ring (bicyclic) bond motifs is 1. The zero-order valence-electron chi connectivity index (χ0n) is 13.9. The third kappa shape index (κ3) is 3.59. The van der Waals surface area contributed by atoms with Crippen molar-refractivity contribution in [3.63, 3.8) is 0 Å². The summed E-state index contributed by atoms with van der Waals surface area (Å²) in [6.07, 6.45) is 2.22. The lowest BCUT2D eigenvalue weighted by Gasteiger charge is -2.33. The Labute approximate surface area is 154 Å². The highest BCUT2D eigenvalue weighted by Gasteiger charge is 2.36. The minimum absolute atomic E-state index is 0. The number of carbonyl (C=O) groups excluding carboxylic acids is 1. The van der Waals surface area contributed by atoms with E-state index in [1.807, 2.05) is 11.8 Å². The number of nitrogens with zero attached hydrogens (tertiary/aromatic N) is 2. The van der Waals surface area contributed by atoms with Crippen LogP contribution in [0.15, 0.2) is 24.3 Å². The number of benzene rings is 1. The number of halogens is 1. The number of carbonyl (C=O) groups is 1. The van der Waals surface area contributed by atoms with Crippen LogP contribution >= 0.6 is 24.2 Å². The van der Waals surface area contributed by atoms with Crippen molar-refractivity contribution >= 4 is 30.1 Å². The summed E-state index contributed by atoms with van der Waals surface area (Å²) in [7, 11) is 0. The third-order valence-electron chi connectivity index (χ3n) is 5.36. The van der Waals surface area contributed by atoms with Gasteiger partial charge in [0.2, 0.25) is 5.91 Å². The summed E-state index contributed by atoms with van der Waals surface area (Å²) in [5.74, 6) is 1.39. The zero-order valence-corrected chi connectivity index (χ0v) is 15.6. The SMILES string of the molecule is Cl.O=C(C1SCCc2ccccc21)N1CCC(N2CCNCC2)C1. The molecule has 4 rings (SSSR count). The zero-order chi connectivity index (χ0) is 15.6. The van der Waals surface area contributed by atoms with Crippen molar-refractivity contribution in [2.75, 3.05) is 45.0 Å². The summed E-state index contributed by atoms with van der Waals surface area (Å²) in [4.78, 5) is 17.7. The van der Waals surface area contributed by atoms with Gasteiger partial charge in [0.1, 0.15) is 5.25 Å². The Morgan fingerprint density at radius 3 is 2.79 bits per heavy atom. The average Bonchev–Trinajstić information content (AvgIpc) is 3.11. The van der Waals surface area contributed by atoms with Gasteiger partial charge in [-0.15, -0.1) is 24.2 Å². The number of amides is 1. The van der Waals surface area contributed by atoms with Crippen molar-refractivity contribution in [3.8, 4) is 0 Å². The van der Waals surface area contributed by atoms with Crippen LogP contribution in [0.5, 0.6) is 0 Å². The van der Waals surface area contributed by atoms with Gasteiger partial charge in [-0.25, -0.2) is 0 Å². The topological polar surface area (TPSA) is 35.6 Å². The smallest absolute Gasteiger partial charge is 0.240 e. The van der Waals surface area contributed by atoms with Gasteiger partial charge in [-0.1, -0.05) is 24.3 Å². The lowest BCUT2D eigenvalue weighted by Crippen LogP contribution is -2.49. The Hall–Kier alpha value is -0.750. The fourth-order valence-corrected chi connectivity index (χ4v) is 5.33. The first kappa shape index (κ1) is 18.1. The van der Waals surface area contributed by atoms with E-state index in [2.05, 4.69) is 39.4 Å². The van der Waals surface area contributed by atoms with E-state index in [0.717, 1.165) is 57.9 Å². The fourth-order valence-electron chi connectivity index (χ4n) is 4.05. The summed E-state index contributed by atoms with van der Waals surface area (Å²) >= 11 is 1.82. The fraction of sp³-hybridized carbons (Fsp3) is 0.611. The maximum absolute atomic E-state index is 13.1. The number of rotatable bonds is 2. The van der Waals surface area contributed by atoms with E-state index < -0.39 is 0 Å². The molecule has 6 heteroatoms. The molecule has 4 nitrogen and oxygen atoms in total. The molecule has 3 heterocycles. The van der Waals surface area contributed by atoms with E-state index in [1.54, 1.807) is 0 Å². The second-order valence-electron chi connectivity index (χ2n) is 6.71. The van der Waals surface area contributed by atoms with Crippen LogP contribution < -0.4 is 5.32 Å². The van der Waals surface area contributed by atoms with Crippen LogP contribution in [-0.4, -0.2) is 66.8 Å². The highest BCUT2D eigenvalue weighted by atomic mass is 35.5. The van der Waals surface area contributed by atoms with E-state index in [4.69, 9.17) is 0 Å². The Bertz CT molecular complexity index is 579. The molecular formula is C18H26ClN3OS. The van der Waals surface area contributed by atoms with Crippen LogP contribution in [0.4, 0.5) is 0 Å². The van der Waals surface area contributed by atoms with Crippen molar-refractivity contribution in [3.05, 3.63) is 35.4 Å². The Kier molecular flexibility index (Phi) is 6.08. The molecule has 0 spiro atoms.